The molecular weight excluding hydrogens is 328 g/mol. The van der Waals surface area contributed by atoms with Crippen molar-refractivity contribution in [3.63, 3.8) is 0 Å². The molecule has 0 amide bonds. The molecule has 0 saturated heterocycles. The lowest BCUT2D eigenvalue weighted by Crippen LogP contribution is -2.31. The molecule has 0 radical (unpaired) electrons. The average Bonchev–Trinajstić information content (AvgIpc) is 2.61. The standard InChI is InChI=1S/C20H16N4O2/c25-17-15-18(22-14-10-5-11-21-16(14)17)23-19(12-6-4-7-12)24(20(15)26)13-8-2-1-3-9-13/h1-3,5,8-12H,4,6-7H2,(H,22,25). The minimum Gasteiger partial charge on any atom is -0.337 e. The van der Waals surface area contributed by atoms with Crippen molar-refractivity contribution in [3.8, 4) is 5.69 Å². The molecule has 6 heteroatoms. The van der Waals surface area contributed by atoms with E-state index in [1.54, 1.807) is 22.9 Å². The fraction of sp³-hybridized carbons (Fsp3) is 0.200. The maximum atomic E-state index is 13.3. The molecule has 5 rings (SSSR count). The van der Waals surface area contributed by atoms with E-state index in [1.165, 1.54) is 0 Å². The largest absolute Gasteiger partial charge is 0.337 e. The highest BCUT2D eigenvalue weighted by Crippen LogP contribution is 2.36. The van der Waals surface area contributed by atoms with Crippen LogP contribution in [0, 0.1) is 0 Å². The summed E-state index contributed by atoms with van der Waals surface area (Å²) < 4.78 is 1.59. The summed E-state index contributed by atoms with van der Waals surface area (Å²) in [6, 6.07) is 12.9. The maximum absolute atomic E-state index is 13.3. The zero-order chi connectivity index (χ0) is 17.7. The van der Waals surface area contributed by atoms with Gasteiger partial charge in [-0.1, -0.05) is 24.6 Å². The Morgan fingerprint density at radius 3 is 2.58 bits per heavy atom. The normalized spacial score (nSPS) is 14.6. The van der Waals surface area contributed by atoms with Gasteiger partial charge in [0.25, 0.3) is 5.56 Å². The third-order valence-corrected chi connectivity index (χ3v) is 5.10. The number of rotatable bonds is 2. The van der Waals surface area contributed by atoms with Gasteiger partial charge in [-0.3, -0.25) is 19.1 Å². The maximum Gasteiger partial charge on any atom is 0.271 e. The molecule has 0 unspecified atom stereocenters. The van der Waals surface area contributed by atoms with Gasteiger partial charge in [0.1, 0.15) is 22.4 Å². The smallest absolute Gasteiger partial charge is 0.271 e. The summed E-state index contributed by atoms with van der Waals surface area (Å²) >= 11 is 0. The summed E-state index contributed by atoms with van der Waals surface area (Å²) in [6.07, 6.45) is 4.69. The molecule has 0 spiro atoms. The summed E-state index contributed by atoms with van der Waals surface area (Å²) in [5.74, 6) is 0.958. The van der Waals surface area contributed by atoms with Gasteiger partial charge in [-0.25, -0.2) is 4.98 Å². The molecule has 1 N–H and O–H groups in total. The Kier molecular flexibility index (Phi) is 3.25. The first-order chi connectivity index (χ1) is 12.7. The van der Waals surface area contributed by atoms with Crippen LogP contribution < -0.4 is 11.0 Å². The number of hydrogen-bond acceptors (Lipinski definition) is 4. The van der Waals surface area contributed by atoms with E-state index in [9.17, 15) is 9.59 Å². The molecule has 0 bridgehead atoms. The van der Waals surface area contributed by atoms with E-state index in [0.29, 0.717) is 11.2 Å². The monoisotopic (exact) mass is 344 g/mol. The Balaban J connectivity index is 1.94. The number of hydrogen-bond donors (Lipinski definition) is 1. The number of H-pyrrole nitrogens is 1. The van der Waals surface area contributed by atoms with Gasteiger partial charge < -0.3 is 4.98 Å². The van der Waals surface area contributed by atoms with Crippen LogP contribution in [-0.4, -0.2) is 19.5 Å². The summed E-state index contributed by atoms with van der Waals surface area (Å²) in [7, 11) is 0. The SMILES string of the molecule is O=c1c2ncccc2[nH]c2nc(C3CCC3)n(-c3ccccc3)c(=O)c12. The van der Waals surface area contributed by atoms with Crippen LogP contribution >= 0.6 is 0 Å². The molecule has 0 aliphatic heterocycles. The molecule has 1 aliphatic rings. The van der Waals surface area contributed by atoms with Crippen LogP contribution in [0.15, 0.2) is 58.3 Å². The molecule has 1 saturated carbocycles. The molecule has 1 fully saturated rings. The second kappa shape index (κ2) is 5.62. The lowest BCUT2D eigenvalue weighted by molar-refractivity contribution is 0.394. The summed E-state index contributed by atoms with van der Waals surface area (Å²) in [4.78, 5) is 38.2. The van der Waals surface area contributed by atoms with E-state index in [0.717, 1.165) is 30.8 Å². The second-order valence-corrected chi connectivity index (χ2v) is 6.65. The Morgan fingerprint density at radius 1 is 1.04 bits per heavy atom. The van der Waals surface area contributed by atoms with E-state index < -0.39 is 0 Å². The van der Waals surface area contributed by atoms with E-state index in [2.05, 4.69) is 9.97 Å². The van der Waals surface area contributed by atoms with Gasteiger partial charge in [0.05, 0.1) is 11.2 Å². The van der Waals surface area contributed by atoms with Crippen LogP contribution in [-0.2, 0) is 0 Å². The zero-order valence-corrected chi connectivity index (χ0v) is 14.0. The van der Waals surface area contributed by atoms with E-state index >= 15 is 0 Å². The van der Waals surface area contributed by atoms with Gasteiger partial charge in [0.2, 0.25) is 5.43 Å². The first-order valence-corrected chi connectivity index (χ1v) is 8.73. The number of aromatic amines is 1. The predicted molar refractivity (Wildman–Crippen MR) is 99.9 cm³/mol. The van der Waals surface area contributed by atoms with Gasteiger partial charge in [-0.15, -0.1) is 0 Å². The second-order valence-electron chi connectivity index (χ2n) is 6.65. The van der Waals surface area contributed by atoms with Gasteiger partial charge in [0.15, 0.2) is 0 Å². The lowest BCUT2D eigenvalue weighted by Gasteiger charge is -2.27. The average molecular weight is 344 g/mol. The highest BCUT2D eigenvalue weighted by molar-refractivity contribution is 5.88. The molecule has 1 aliphatic carbocycles. The fourth-order valence-electron chi connectivity index (χ4n) is 3.53. The molecule has 0 atom stereocenters. The number of fused-ring (bicyclic) bond motifs is 2. The zero-order valence-electron chi connectivity index (χ0n) is 14.0. The first-order valence-electron chi connectivity index (χ1n) is 8.73. The summed E-state index contributed by atoms with van der Waals surface area (Å²) in [5, 5.41) is 0.0585. The van der Waals surface area contributed by atoms with E-state index in [1.807, 2.05) is 30.3 Å². The van der Waals surface area contributed by atoms with Gasteiger partial charge in [-0.05, 0) is 37.1 Å². The lowest BCUT2D eigenvalue weighted by atomic mass is 9.84. The predicted octanol–water partition coefficient (Wildman–Crippen LogP) is 2.89. The van der Waals surface area contributed by atoms with Crippen molar-refractivity contribution in [1.82, 2.24) is 19.5 Å². The van der Waals surface area contributed by atoms with Gasteiger partial charge in [-0.2, -0.15) is 0 Å². The van der Waals surface area contributed by atoms with Crippen LogP contribution in [0.2, 0.25) is 0 Å². The fourth-order valence-corrected chi connectivity index (χ4v) is 3.53. The quantitative estimate of drug-likeness (QED) is 0.567. The third-order valence-electron chi connectivity index (χ3n) is 5.10. The number of nitrogens with one attached hydrogen (secondary N) is 1. The van der Waals surface area contributed by atoms with Crippen molar-refractivity contribution >= 4 is 22.1 Å². The number of nitrogens with zero attached hydrogens (tertiary/aromatic N) is 3. The van der Waals surface area contributed by atoms with Crippen LogP contribution in [0.5, 0.6) is 0 Å². The van der Waals surface area contributed by atoms with Gasteiger partial charge >= 0.3 is 0 Å². The molecule has 128 valence electrons. The van der Waals surface area contributed by atoms with Crippen molar-refractivity contribution in [2.24, 2.45) is 0 Å². The minimum atomic E-state index is -0.378. The van der Waals surface area contributed by atoms with Crippen LogP contribution in [0.3, 0.4) is 0 Å². The van der Waals surface area contributed by atoms with Crippen molar-refractivity contribution < 1.29 is 0 Å². The number of benzene rings is 1. The number of para-hydroxylation sites is 1. The third kappa shape index (κ3) is 2.12. The van der Waals surface area contributed by atoms with Crippen molar-refractivity contribution in [3.05, 3.63) is 75.1 Å². The Bertz CT molecular complexity index is 1250. The Hall–Kier alpha value is -3.28. The molecule has 3 aromatic heterocycles. The Labute approximate surface area is 148 Å². The van der Waals surface area contributed by atoms with Crippen molar-refractivity contribution in [1.29, 1.82) is 0 Å². The highest BCUT2D eigenvalue weighted by atomic mass is 16.1. The molecule has 4 aromatic rings. The van der Waals surface area contributed by atoms with Crippen LogP contribution in [0.4, 0.5) is 0 Å². The molecule has 3 heterocycles. The number of pyridine rings is 2. The van der Waals surface area contributed by atoms with Crippen LogP contribution in [0.1, 0.15) is 31.0 Å². The summed E-state index contributed by atoms with van der Waals surface area (Å²) in [6.45, 7) is 0. The van der Waals surface area contributed by atoms with Gasteiger partial charge in [0, 0.05) is 12.1 Å². The Morgan fingerprint density at radius 2 is 1.85 bits per heavy atom. The molecule has 26 heavy (non-hydrogen) atoms. The minimum absolute atomic E-state index is 0.0585. The van der Waals surface area contributed by atoms with E-state index in [4.69, 9.17) is 4.98 Å². The molecule has 6 nitrogen and oxygen atoms in total. The first kappa shape index (κ1) is 15.0. The topological polar surface area (TPSA) is 80.6 Å². The molecular formula is C20H16N4O2. The van der Waals surface area contributed by atoms with Crippen molar-refractivity contribution in [2.75, 3.05) is 0 Å². The van der Waals surface area contributed by atoms with E-state index in [-0.39, 0.29) is 27.8 Å². The summed E-state index contributed by atoms with van der Waals surface area (Å²) in [5.41, 5.74) is 1.21. The van der Waals surface area contributed by atoms with Crippen molar-refractivity contribution in [2.45, 2.75) is 25.2 Å². The molecule has 1 aromatic carbocycles. The van der Waals surface area contributed by atoms with Crippen LogP contribution in [0.25, 0.3) is 27.8 Å². The highest BCUT2D eigenvalue weighted by Gasteiger charge is 2.27. The number of aromatic nitrogens is 4.